The molecule has 1 aromatic carbocycles. The average Bonchev–Trinajstić information content (AvgIpc) is 2.73. The van der Waals surface area contributed by atoms with Crippen molar-refractivity contribution in [2.24, 2.45) is 0 Å². The van der Waals surface area contributed by atoms with Crippen LogP contribution in [-0.4, -0.2) is 7.11 Å². The molecule has 90 valence electrons. The number of hydrogen-bond acceptors (Lipinski definition) is 3. The van der Waals surface area contributed by atoms with Crippen LogP contribution in [-0.2, 0) is 6.54 Å². The van der Waals surface area contributed by atoms with Crippen molar-refractivity contribution < 1.29 is 4.74 Å². The predicted molar refractivity (Wildman–Crippen MR) is 77.1 cm³/mol. The van der Waals surface area contributed by atoms with E-state index in [1.54, 1.807) is 18.4 Å². The quantitative estimate of drug-likeness (QED) is 0.901. The summed E-state index contributed by atoms with van der Waals surface area (Å²) in [7, 11) is 1.69. The molecule has 0 radical (unpaired) electrons. The molecule has 17 heavy (non-hydrogen) atoms. The van der Waals surface area contributed by atoms with E-state index in [1.165, 1.54) is 10.4 Å². The van der Waals surface area contributed by atoms with Gasteiger partial charge in [0.15, 0.2) is 0 Å². The molecule has 0 saturated heterocycles. The number of methoxy groups -OCH3 is 1. The van der Waals surface area contributed by atoms with Crippen molar-refractivity contribution in [1.82, 2.24) is 0 Å². The van der Waals surface area contributed by atoms with Crippen LogP contribution < -0.4 is 10.1 Å². The van der Waals surface area contributed by atoms with E-state index >= 15 is 0 Å². The minimum Gasteiger partial charge on any atom is -0.495 e. The van der Waals surface area contributed by atoms with Gasteiger partial charge >= 0.3 is 0 Å². The first kappa shape index (κ1) is 12.5. The second-order valence-corrected chi connectivity index (χ2v) is 6.31. The van der Waals surface area contributed by atoms with Crippen LogP contribution in [0.2, 0.25) is 0 Å². The van der Waals surface area contributed by atoms with Gasteiger partial charge in [0.25, 0.3) is 0 Å². The third kappa shape index (κ3) is 3.23. The van der Waals surface area contributed by atoms with Gasteiger partial charge in [-0.3, -0.25) is 0 Å². The lowest BCUT2D eigenvalue weighted by Crippen LogP contribution is -2.00. The van der Waals surface area contributed by atoms with Crippen LogP contribution in [0.5, 0.6) is 5.75 Å². The maximum Gasteiger partial charge on any atom is 0.141 e. The van der Waals surface area contributed by atoms with E-state index in [0.29, 0.717) is 0 Å². The number of hydrogen-bond donors (Lipinski definition) is 1. The molecule has 0 atom stereocenters. The van der Waals surface area contributed by atoms with Crippen molar-refractivity contribution in [2.45, 2.75) is 13.5 Å². The first-order valence-corrected chi connectivity index (χ1v) is 6.92. The van der Waals surface area contributed by atoms with E-state index in [1.807, 2.05) is 12.1 Å². The van der Waals surface area contributed by atoms with Gasteiger partial charge in [0.05, 0.1) is 16.6 Å². The first-order chi connectivity index (χ1) is 8.19. The highest BCUT2D eigenvalue weighted by atomic mass is 79.9. The summed E-state index contributed by atoms with van der Waals surface area (Å²) in [5.74, 6) is 0.881. The molecule has 0 aliphatic carbocycles. The van der Waals surface area contributed by atoms with Gasteiger partial charge in [-0.15, -0.1) is 11.3 Å². The van der Waals surface area contributed by atoms with Gasteiger partial charge in [-0.1, -0.05) is 6.07 Å². The molecule has 1 N–H and O–H groups in total. The molecule has 1 heterocycles. The Bertz CT molecular complexity index is 510. The molecule has 0 aliphatic rings. The molecule has 0 fully saturated rings. The molecule has 4 heteroatoms. The first-order valence-electron chi connectivity index (χ1n) is 5.32. The smallest absolute Gasteiger partial charge is 0.141 e. The highest BCUT2D eigenvalue weighted by molar-refractivity contribution is 9.11. The monoisotopic (exact) mass is 311 g/mol. The summed E-state index contributed by atoms with van der Waals surface area (Å²) in [6, 6.07) is 10.3. The normalized spacial score (nSPS) is 10.3. The molecule has 0 aliphatic heterocycles. The second kappa shape index (κ2) is 5.56. The third-order valence-corrected chi connectivity index (χ3v) is 4.06. The van der Waals surface area contributed by atoms with Crippen molar-refractivity contribution in [2.75, 3.05) is 12.4 Å². The maximum atomic E-state index is 5.33. The van der Waals surface area contributed by atoms with Gasteiger partial charge in [-0.05, 0) is 52.7 Å². The van der Waals surface area contributed by atoms with Crippen LogP contribution >= 0.6 is 27.3 Å². The summed E-state index contributed by atoms with van der Waals surface area (Å²) < 4.78 is 6.48. The van der Waals surface area contributed by atoms with Crippen molar-refractivity contribution in [3.8, 4) is 5.75 Å². The highest BCUT2D eigenvalue weighted by Gasteiger charge is 2.03. The van der Waals surface area contributed by atoms with E-state index in [4.69, 9.17) is 4.74 Å². The lowest BCUT2D eigenvalue weighted by Gasteiger charge is -2.11. The molecule has 0 saturated carbocycles. The summed E-state index contributed by atoms with van der Waals surface area (Å²) >= 11 is 5.20. The molecule has 2 nitrogen and oxygen atoms in total. The number of thiophene rings is 1. The van der Waals surface area contributed by atoms with E-state index in [0.717, 1.165) is 21.8 Å². The molecule has 1 aromatic heterocycles. The molecular weight excluding hydrogens is 298 g/mol. The van der Waals surface area contributed by atoms with E-state index in [2.05, 4.69) is 46.4 Å². The zero-order chi connectivity index (χ0) is 12.3. The number of nitrogens with one attached hydrogen (secondary N) is 1. The summed E-state index contributed by atoms with van der Waals surface area (Å²) in [5, 5.41) is 3.40. The van der Waals surface area contributed by atoms with Gasteiger partial charge in [-0.25, -0.2) is 0 Å². The number of halogens is 1. The Labute approximate surface area is 114 Å². The molecule has 2 aromatic rings. The van der Waals surface area contributed by atoms with Crippen LogP contribution in [0.1, 0.15) is 10.4 Å². The van der Waals surface area contributed by atoms with Gasteiger partial charge in [0.1, 0.15) is 5.75 Å². The Morgan fingerprint density at radius 2 is 2.12 bits per heavy atom. The summed E-state index contributed by atoms with van der Waals surface area (Å²) in [6.45, 7) is 2.89. The Morgan fingerprint density at radius 3 is 2.76 bits per heavy atom. The van der Waals surface area contributed by atoms with Crippen molar-refractivity contribution >= 4 is 33.0 Å². The van der Waals surface area contributed by atoms with Crippen LogP contribution in [0, 0.1) is 6.92 Å². The second-order valence-electron chi connectivity index (χ2n) is 3.76. The molecule has 0 bridgehead atoms. The number of benzene rings is 1. The summed E-state index contributed by atoms with van der Waals surface area (Å²) in [4.78, 5) is 1.29. The average molecular weight is 312 g/mol. The van der Waals surface area contributed by atoms with Gasteiger partial charge in [-0.2, -0.15) is 0 Å². The third-order valence-electron chi connectivity index (χ3n) is 2.44. The Balaban J connectivity index is 2.10. The molecular formula is C13H14BrNOS. The Morgan fingerprint density at radius 1 is 1.29 bits per heavy atom. The number of anilines is 1. The highest BCUT2D eigenvalue weighted by Crippen LogP contribution is 2.27. The molecule has 0 spiro atoms. The van der Waals surface area contributed by atoms with E-state index < -0.39 is 0 Å². The summed E-state index contributed by atoms with van der Waals surface area (Å²) in [6.07, 6.45) is 0. The lowest BCUT2D eigenvalue weighted by atomic mass is 10.2. The van der Waals surface area contributed by atoms with Crippen LogP contribution in [0.25, 0.3) is 0 Å². The predicted octanol–water partition coefficient (Wildman–Crippen LogP) is 4.44. The Kier molecular flexibility index (Phi) is 4.07. The largest absolute Gasteiger partial charge is 0.495 e. The fourth-order valence-electron chi connectivity index (χ4n) is 1.59. The van der Waals surface area contributed by atoms with Gasteiger partial charge in [0, 0.05) is 11.4 Å². The van der Waals surface area contributed by atoms with Crippen LogP contribution in [0.15, 0.2) is 34.1 Å². The number of ether oxygens (including phenoxy) is 1. The van der Waals surface area contributed by atoms with Crippen molar-refractivity contribution in [1.29, 1.82) is 0 Å². The lowest BCUT2D eigenvalue weighted by molar-refractivity contribution is 0.416. The van der Waals surface area contributed by atoms with E-state index in [9.17, 15) is 0 Å². The minimum atomic E-state index is 0.816. The SMILES string of the molecule is COc1ccc(C)cc1NCc1ccc(Br)s1. The maximum absolute atomic E-state index is 5.33. The molecule has 0 amide bonds. The number of rotatable bonds is 4. The van der Waals surface area contributed by atoms with Gasteiger partial charge in [0.2, 0.25) is 0 Å². The van der Waals surface area contributed by atoms with Crippen LogP contribution in [0.4, 0.5) is 5.69 Å². The standard InChI is InChI=1S/C13H14BrNOS/c1-9-3-5-12(16-2)11(7-9)15-8-10-4-6-13(14)17-10/h3-7,15H,8H2,1-2H3. The van der Waals surface area contributed by atoms with Crippen molar-refractivity contribution in [3.05, 3.63) is 44.6 Å². The Hall–Kier alpha value is -1.000. The fraction of sp³-hybridized carbons (Fsp3) is 0.231. The minimum absolute atomic E-state index is 0.816. The zero-order valence-corrected chi connectivity index (χ0v) is 12.2. The molecule has 2 rings (SSSR count). The van der Waals surface area contributed by atoms with E-state index in [-0.39, 0.29) is 0 Å². The van der Waals surface area contributed by atoms with Gasteiger partial charge < -0.3 is 10.1 Å². The molecule has 0 unspecified atom stereocenters. The van der Waals surface area contributed by atoms with Crippen LogP contribution in [0.3, 0.4) is 0 Å². The topological polar surface area (TPSA) is 21.3 Å². The number of aryl methyl sites for hydroxylation is 1. The fourth-order valence-corrected chi connectivity index (χ4v) is 3.01. The van der Waals surface area contributed by atoms with Crippen molar-refractivity contribution in [3.63, 3.8) is 0 Å². The zero-order valence-electron chi connectivity index (χ0n) is 9.79. The summed E-state index contributed by atoms with van der Waals surface area (Å²) in [5.41, 5.74) is 2.26.